The van der Waals surface area contributed by atoms with Gasteiger partial charge in [0.2, 0.25) is 0 Å². The molecule has 1 aliphatic rings. The van der Waals surface area contributed by atoms with Crippen molar-refractivity contribution in [3.05, 3.63) is 82.9 Å². The number of hydrogen-bond donors (Lipinski definition) is 1. The molecule has 1 fully saturated rings. The van der Waals surface area contributed by atoms with E-state index < -0.39 is 0 Å². The Morgan fingerprint density at radius 3 is 2.42 bits per heavy atom. The second kappa shape index (κ2) is 10.4. The van der Waals surface area contributed by atoms with E-state index >= 15 is 0 Å². The lowest BCUT2D eigenvalue weighted by atomic mass is 10.2. The number of rotatable bonds is 8. The fourth-order valence-electron chi connectivity index (χ4n) is 3.56. The standard InChI is InChI=1S/C25H27ClN2O3/c1-29-24-16-20(15-23(26)25(24)31-18-19-5-3-2-4-6-19)17-27-21-7-9-22(10-8-21)28-11-13-30-14-12-28/h2-10,15-16,27H,11-14,17-18H2,1H3. The molecule has 0 radical (unpaired) electrons. The monoisotopic (exact) mass is 438 g/mol. The lowest BCUT2D eigenvalue weighted by Gasteiger charge is -2.29. The summed E-state index contributed by atoms with van der Waals surface area (Å²) in [4.78, 5) is 2.34. The second-order valence-corrected chi connectivity index (χ2v) is 7.79. The van der Waals surface area contributed by atoms with Crippen LogP contribution in [0.4, 0.5) is 11.4 Å². The van der Waals surface area contributed by atoms with Crippen molar-refractivity contribution in [2.24, 2.45) is 0 Å². The summed E-state index contributed by atoms with van der Waals surface area (Å²) in [6.07, 6.45) is 0. The zero-order chi connectivity index (χ0) is 21.5. The molecule has 0 unspecified atom stereocenters. The summed E-state index contributed by atoms with van der Waals surface area (Å²) in [5.74, 6) is 1.19. The van der Waals surface area contributed by atoms with E-state index in [4.69, 9.17) is 25.8 Å². The van der Waals surface area contributed by atoms with Crippen molar-refractivity contribution in [3.8, 4) is 11.5 Å². The third kappa shape index (κ3) is 5.63. The highest BCUT2D eigenvalue weighted by Crippen LogP contribution is 2.37. The highest BCUT2D eigenvalue weighted by Gasteiger charge is 2.13. The van der Waals surface area contributed by atoms with Crippen LogP contribution >= 0.6 is 11.6 Å². The third-order valence-electron chi connectivity index (χ3n) is 5.26. The number of nitrogens with zero attached hydrogens (tertiary/aromatic N) is 1. The van der Waals surface area contributed by atoms with Gasteiger partial charge in [-0.1, -0.05) is 41.9 Å². The Bertz CT molecular complexity index is 974. The van der Waals surface area contributed by atoms with Crippen molar-refractivity contribution in [3.63, 3.8) is 0 Å². The topological polar surface area (TPSA) is 43.0 Å². The van der Waals surface area contributed by atoms with Gasteiger partial charge < -0.3 is 24.4 Å². The molecule has 162 valence electrons. The van der Waals surface area contributed by atoms with Gasteiger partial charge in [0.25, 0.3) is 0 Å². The summed E-state index contributed by atoms with van der Waals surface area (Å²) in [7, 11) is 1.63. The number of ether oxygens (including phenoxy) is 3. The Balaban J connectivity index is 1.38. The van der Waals surface area contributed by atoms with E-state index in [0.717, 1.165) is 43.1 Å². The summed E-state index contributed by atoms with van der Waals surface area (Å²) in [5, 5.41) is 3.99. The van der Waals surface area contributed by atoms with Crippen LogP contribution in [-0.2, 0) is 17.9 Å². The van der Waals surface area contributed by atoms with Crippen molar-refractivity contribution in [1.82, 2.24) is 0 Å². The van der Waals surface area contributed by atoms with E-state index in [1.807, 2.05) is 42.5 Å². The van der Waals surface area contributed by atoms with E-state index in [9.17, 15) is 0 Å². The Kier molecular flexibility index (Phi) is 7.18. The van der Waals surface area contributed by atoms with E-state index in [2.05, 4.69) is 34.5 Å². The molecule has 6 heteroatoms. The van der Waals surface area contributed by atoms with Gasteiger partial charge in [-0.3, -0.25) is 0 Å². The maximum Gasteiger partial charge on any atom is 0.180 e. The van der Waals surface area contributed by atoms with Gasteiger partial charge in [0, 0.05) is 31.0 Å². The molecule has 3 aromatic carbocycles. The van der Waals surface area contributed by atoms with Gasteiger partial charge in [-0.15, -0.1) is 0 Å². The molecule has 1 saturated heterocycles. The molecule has 1 N–H and O–H groups in total. The fraction of sp³-hybridized carbons (Fsp3) is 0.280. The molecule has 0 amide bonds. The van der Waals surface area contributed by atoms with E-state index in [1.165, 1.54) is 5.69 Å². The predicted octanol–water partition coefficient (Wildman–Crippen LogP) is 5.38. The molecule has 1 heterocycles. The lowest BCUT2D eigenvalue weighted by Crippen LogP contribution is -2.36. The average Bonchev–Trinajstić information content (AvgIpc) is 2.83. The molecule has 0 saturated carbocycles. The number of nitrogens with one attached hydrogen (secondary N) is 1. The highest BCUT2D eigenvalue weighted by molar-refractivity contribution is 6.32. The SMILES string of the molecule is COc1cc(CNc2ccc(N3CCOCC3)cc2)cc(Cl)c1OCc1ccccc1. The van der Waals surface area contributed by atoms with Crippen molar-refractivity contribution < 1.29 is 14.2 Å². The van der Waals surface area contributed by atoms with Crippen LogP contribution in [0.5, 0.6) is 11.5 Å². The maximum absolute atomic E-state index is 6.52. The molecular formula is C25H27ClN2O3. The van der Waals surface area contributed by atoms with Crippen LogP contribution in [0, 0.1) is 0 Å². The van der Waals surface area contributed by atoms with E-state index in [1.54, 1.807) is 7.11 Å². The van der Waals surface area contributed by atoms with Gasteiger partial charge in [0.15, 0.2) is 11.5 Å². The average molecular weight is 439 g/mol. The van der Waals surface area contributed by atoms with Crippen LogP contribution in [0.15, 0.2) is 66.7 Å². The lowest BCUT2D eigenvalue weighted by molar-refractivity contribution is 0.122. The molecule has 0 bridgehead atoms. The molecule has 0 aliphatic carbocycles. The molecule has 1 aliphatic heterocycles. The van der Waals surface area contributed by atoms with Gasteiger partial charge in [0.05, 0.1) is 25.3 Å². The van der Waals surface area contributed by atoms with Crippen LogP contribution in [0.25, 0.3) is 0 Å². The van der Waals surface area contributed by atoms with Gasteiger partial charge in [-0.2, -0.15) is 0 Å². The van der Waals surface area contributed by atoms with Crippen molar-refractivity contribution in [2.75, 3.05) is 43.6 Å². The Morgan fingerprint density at radius 1 is 0.968 bits per heavy atom. The van der Waals surface area contributed by atoms with Crippen LogP contribution in [0.1, 0.15) is 11.1 Å². The van der Waals surface area contributed by atoms with Gasteiger partial charge in [-0.05, 0) is 47.5 Å². The number of anilines is 2. The van der Waals surface area contributed by atoms with E-state index in [-0.39, 0.29) is 0 Å². The molecule has 3 aromatic rings. The predicted molar refractivity (Wildman–Crippen MR) is 126 cm³/mol. The van der Waals surface area contributed by atoms with Crippen LogP contribution in [0.2, 0.25) is 5.02 Å². The minimum Gasteiger partial charge on any atom is -0.493 e. The highest BCUT2D eigenvalue weighted by atomic mass is 35.5. The quantitative estimate of drug-likeness (QED) is 0.511. The summed E-state index contributed by atoms with van der Waals surface area (Å²) >= 11 is 6.52. The Morgan fingerprint density at radius 2 is 1.71 bits per heavy atom. The molecule has 0 atom stereocenters. The first kappa shape index (κ1) is 21.3. The van der Waals surface area contributed by atoms with Gasteiger partial charge in [-0.25, -0.2) is 0 Å². The minimum atomic E-state index is 0.435. The molecule has 5 nitrogen and oxygen atoms in total. The maximum atomic E-state index is 6.52. The number of methoxy groups -OCH3 is 1. The molecule has 0 spiro atoms. The number of halogens is 1. The van der Waals surface area contributed by atoms with E-state index in [0.29, 0.717) is 29.7 Å². The zero-order valence-electron chi connectivity index (χ0n) is 17.6. The summed E-state index contributed by atoms with van der Waals surface area (Å²) in [5.41, 5.74) is 4.37. The van der Waals surface area contributed by atoms with Crippen LogP contribution < -0.4 is 19.7 Å². The Hall–Kier alpha value is -2.89. The van der Waals surface area contributed by atoms with Crippen LogP contribution in [-0.4, -0.2) is 33.4 Å². The van der Waals surface area contributed by atoms with Crippen molar-refractivity contribution in [1.29, 1.82) is 0 Å². The largest absolute Gasteiger partial charge is 0.493 e. The smallest absolute Gasteiger partial charge is 0.180 e. The Labute approximate surface area is 188 Å². The minimum absolute atomic E-state index is 0.435. The summed E-state index contributed by atoms with van der Waals surface area (Å²) in [6.45, 7) is 4.50. The van der Waals surface area contributed by atoms with Crippen molar-refractivity contribution >= 4 is 23.0 Å². The molecule has 0 aromatic heterocycles. The zero-order valence-corrected chi connectivity index (χ0v) is 18.4. The molecular weight excluding hydrogens is 412 g/mol. The first-order chi connectivity index (χ1) is 15.2. The third-order valence-corrected chi connectivity index (χ3v) is 5.54. The number of hydrogen-bond acceptors (Lipinski definition) is 5. The first-order valence-corrected chi connectivity index (χ1v) is 10.8. The second-order valence-electron chi connectivity index (χ2n) is 7.38. The summed E-state index contributed by atoms with van der Waals surface area (Å²) in [6, 6.07) is 22.3. The van der Waals surface area contributed by atoms with Gasteiger partial charge in [0.1, 0.15) is 6.61 Å². The fourth-order valence-corrected chi connectivity index (χ4v) is 3.85. The van der Waals surface area contributed by atoms with Crippen molar-refractivity contribution in [2.45, 2.75) is 13.2 Å². The molecule has 31 heavy (non-hydrogen) atoms. The summed E-state index contributed by atoms with van der Waals surface area (Å²) < 4.78 is 16.9. The molecule has 4 rings (SSSR count). The number of morpholine rings is 1. The first-order valence-electron chi connectivity index (χ1n) is 10.4. The van der Waals surface area contributed by atoms with Crippen LogP contribution in [0.3, 0.4) is 0 Å². The normalized spacial score (nSPS) is 13.7. The number of benzene rings is 3. The van der Waals surface area contributed by atoms with Gasteiger partial charge >= 0.3 is 0 Å².